The second-order valence-corrected chi connectivity index (χ2v) is 6.75. The molecule has 162 valence electrons. The van der Waals surface area contributed by atoms with Crippen LogP contribution in [0, 0.1) is 10.1 Å². The highest BCUT2D eigenvalue weighted by Crippen LogP contribution is 2.25. The van der Waals surface area contributed by atoms with E-state index in [0.717, 1.165) is 23.3 Å². The molecule has 0 spiro atoms. The number of nitrogens with zero attached hydrogens (tertiary/aromatic N) is 2. The average molecular weight is 431 g/mol. The molecule has 2 N–H and O–H groups in total. The summed E-state index contributed by atoms with van der Waals surface area (Å²) in [5.41, 5.74) is 3.50. The van der Waals surface area contributed by atoms with Gasteiger partial charge in [0.15, 0.2) is 0 Å². The molecule has 3 rings (SSSR count). The standard InChI is InChI=1S/C23H20N4O5/c28-20-12-11-16(13-19(20)27(31)32)14-25-26-21(29)15-24-23(30)22(17-7-3-1-4-8-17)18-9-5-2-6-10-18/h1-14,22,28H,15H2,(H,24,30)(H,26,29)/p-1/b25-14-. The quantitative estimate of drug-likeness (QED) is 0.320. The maximum absolute atomic E-state index is 12.9. The lowest BCUT2D eigenvalue weighted by atomic mass is 9.90. The van der Waals surface area contributed by atoms with Crippen LogP contribution in [0.4, 0.5) is 5.69 Å². The molecule has 0 bridgehead atoms. The van der Waals surface area contributed by atoms with Crippen LogP contribution < -0.4 is 15.8 Å². The summed E-state index contributed by atoms with van der Waals surface area (Å²) in [6, 6.07) is 21.9. The number of benzene rings is 3. The summed E-state index contributed by atoms with van der Waals surface area (Å²) in [6.45, 7) is -0.314. The first-order valence-corrected chi connectivity index (χ1v) is 9.60. The fourth-order valence-electron chi connectivity index (χ4n) is 3.03. The Hall–Kier alpha value is -4.53. The van der Waals surface area contributed by atoms with Gasteiger partial charge in [-0.2, -0.15) is 5.10 Å². The van der Waals surface area contributed by atoms with Crippen LogP contribution >= 0.6 is 0 Å². The summed E-state index contributed by atoms with van der Waals surface area (Å²) in [7, 11) is 0. The Balaban J connectivity index is 1.61. The van der Waals surface area contributed by atoms with E-state index in [1.807, 2.05) is 60.7 Å². The molecule has 2 amide bonds. The van der Waals surface area contributed by atoms with E-state index in [2.05, 4.69) is 15.8 Å². The molecule has 0 heterocycles. The van der Waals surface area contributed by atoms with Crippen LogP contribution in [-0.4, -0.2) is 29.5 Å². The van der Waals surface area contributed by atoms with Crippen molar-refractivity contribution in [2.24, 2.45) is 5.10 Å². The molecule has 9 nitrogen and oxygen atoms in total. The van der Waals surface area contributed by atoms with Crippen molar-refractivity contribution < 1.29 is 19.6 Å². The monoisotopic (exact) mass is 431 g/mol. The van der Waals surface area contributed by atoms with E-state index >= 15 is 0 Å². The highest BCUT2D eigenvalue weighted by atomic mass is 16.6. The van der Waals surface area contributed by atoms with Gasteiger partial charge in [-0.05, 0) is 16.9 Å². The van der Waals surface area contributed by atoms with Crippen molar-refractivity contribution in [1.29, 1.82) is 0 Å². The Morgan fingerprint density at radius 1 is 0.969 bits per heavy atom. The van der Waals surface area contributed by atoms with Gasteiger partial charge < -0.3 is 10.4 Å². The Bertz CT molecular complexity index is 1090. The summed E-state index contributed by atoms with van der Waals surface area (Å²) in [5.74, 6) is -2.22. The predicted octanol–water partition coefficient (Wildman–Crippen LogP) is 2.07. The lowest BCUT2D eigenvalue weighted by molar-refractivity contribution is -0.398. The number of carbonyl (C=O) groups excluding carboxylic acids is 2. The number of nitro benzene ring substituents is 1. The van der Waals surface area contributed by atoms with Gasteiger partial charge in [0.05, 0.1) is 23.6 Å². The maximum atomic E-state index is 12.9. The van der Waals surface area contributed by atoms with E-state index in [0.29, 0.717) is 0 Å². The van der Waals surface area contributed by atoms with E-state index < -0.39 is 28.2 Å². The van der Waals surface area contributed by atoms with Crippen LogP contribution in [0.25, 0.3) is 0 Å². The summed E-state index contributed by atoms with van der Waals surface area (Å²) in [5, 5.41) is 28.5. The minimum atomic E-state index is -0.788. The maximum Gasteiger partial charge on any atom is 0.262 e. The molecule has 3 aromatic rings. The van der Waals surface area contributed by atoms with Crippen LogP contribution in [0.3, 0.4) is 0 Å². The van der Waals surface area contributed by atoms with Crippen molar-refractivity contribution >= 4 is 23.7 Å². The summed E-state index contributed by atoms with van der Waals surface area (Å²) >= 11 is 0. The smallest absolute Gasteiger partial charge is 0.262 e. The first kappa shape index (κ1) is 22.2. The van der Waals surface area contributed by atoms with Crippen molar-refractivity contribution in [2.45, 2.75) is 5.92 Å². The Labute approximate surface area is 183 Å². The molecule has 0 radical (unpaired) electrons. The summed E-state index contributed by atoms with van der Waals surface area (Å²) < 4.78 is 0. The minimum absolute atomic E-state index is 0.272. The number of carbonyl (C=O) groups is 2. The van der Waals surface area contributed by atoms with E-state index in [9.17, 15) is 24.8 Å². The fourth-order valence-corrected chi connectivity index (χ4v) is 3.03. The number of rotatable bonds is 8. The second kappa shape index (κ2) is 10.5. The lowest BCUT2D eigenvalue weighted by Gasteiger charge is -2.17. The first-order chi connectivity index (χ1) is 15.5. The fraction of sp³-hybridized carbons (Fsp3) is 0.0870. The van der Waals surface area contributed by atoms with E-state index in [1.54, 1.807) is 0 Å². The summed E-state index contributed by atoms with van der Waals surface area (Å²) in [4.78, 5) is 34.9. The minimum Gasteiger partial charge on any atom is -0.868 e. The number of nitrogens with one attached hydrogen (secondary N) is 2. The van der Waals surface area contributed by atoms with Gasteiger partial charge in [-0.1, -0.05) is 72.8 Å². The van der Waals surface area contributed by atoms with Crippen molar-refractivity contribution in [1.82, 2.24) is 10.7 Å². The molecular weight excluding hydrogens is 412 g/mol. The van der Waals surface area contributed by atoms with E-state index in [4.69, 9.17) is 0 Å². The number of hydrazone groups is 1. The second-order valence-electron chi connectivity index (χ2n) is 6.75. The van der Waals surface area contributed by atoms with E-state index in [1.165, 1.54) is 12.3 Å². The van der Waals surface area contributed by atoms with Gasteiger partial charge in [-0.15, -0.1) is 0 Å². The van der Waals surface area contributed by atoms with Gasteiger partial charge in [0, 0.05) is 11.6 Å². The van der Waals surface area contributed by atoms with Crippen LogP contribution in [0.15, 0.2) is 84.0 Å². The molecule has 0 atom stereocenters. The third-order valence-corrected chi connectivity index (χ3v) is 4.53. The van der Waals surface area contributed by atoms with Crippen molar-refractivity contribution in [3.05, 3.63) is 106 Å². The molecule has 32 heavy (non-hydrogen) atoms. The SMILES string of the molecule is O=C(CNC(=O)C(c1ccccc1)c1ccccc1)N/N=C\c1ccc([O-])c([N+](=O)[O-])c1. The number of nitro groups is 1. The van der Waals surface area contributed by atoms with Gasteiger partial charge in [-0.25, -0.2) is 5.43 Å². The molecule has 0 aliphatic rings. The molecule has 0 aromatic heterocycles. The highest BCUT2D eigenvalue weighted by molar-refractivity contribution is 5.91. The zero-order valence-electron chi connectivity index (χ0n) is 16.8. The third-order valence-electron chi connectivity index (χ3n) is 4.53. The topological polar surface area (TPSA) is 137 Å². The van der Waals surface area contributed by atoms with Gasteiger partial charge >= 0.3 is 0 Å². The molecular formula is C23H19N4O5-. The molecule has 0 aliphatic carbocycles. The van der Waals surface area contributed by atoms with Crippen LogP contribution in [0.2, 0.25) is 0 Å². The Kier molecular flexibility index (Phi) is 7.26. The van der Waals surface area contributed by atoms with Gasteiger partial charge in [0.2, 0.25) is 5.91 Å². The van der Waals surface area contributed by atoms with Crippen molar-refractivity contribution in [2.75, 3.05) is 6.54 Å². The predicted molar refractivity (Wildman–Crippen MR) is 116 cm³/mol. The zero-order valence-corrected chi connectivity index (χ0v) is 16.8. The lowest BCUT2D eigenvalue weighted by Crippen LogP contribution is -2.37. The largest absolute Gasteiger partial charge is 0.868 e. The van der Waals surface area contributed by atoms with E-state index in [-0.39, 0.29) is 18.0 Å². The van der Waals surface area contributed by atoms with Gasteiger partial charge in [0.25, 0.3) is 11.6 Å². The zero-order chi connectivity index (χ0) is 22.9. The van der Waals surface area contributed by atoms with Crippen molar-refractivity contribution in [3.63, 3.8) is 0 Å². The molecule has 0 saturated carbocycles. The number of hydrogen-bond donors (Lipinski definition) is 2. The number of amides is 2. The molecule has 0 saturated heterocycles. The van der Waals surface area contributed by atoms with Gasteiger partial charge in [-0.3, -0.25) is 19.7 Å². The number of hydrogen-bond acceptors (Lipinski definition) is 6. The average Bonchev–Trinajstić information content (AvgIpc) is 2.80. The summed E-state index contributed by atoms with van der Waals surface area (Å²) in [6.07, 6.45) is 1.17. The Morgan fingerprint density at radius 2 is 1.56 bits per heavy atom. The molecule has 0 aliphatic heterocycles. The highest BCUT2D eigenvalue weighted by Gasteiger charge is 2.22. The third kappa shape index (κ3) is 5.76. The van der Waals surface area contributed by atoms with Crippen LogP contribution in [-0.2, 0) is 9.59 Å². The van der Waals surface area contributed by atoms with Crippen LogP contribution in [0.1, 0.15) is 22.6 Å². The van der Waals surface area contributed by atoms with Crippen molar-refractivity contribution in [3.8, 4) is 5.75 Å². The van der Waals surface area contributed by atoms with Crippen LogP contribution in [0.5, 0.6) is 5.75 Å². The first-order valence-electron chi connectivity index (χ1n) is 9.60. The molecule has 0 unspecified atom stereocenters. The normalized spacial score (nSPS) is 10.8. The molecule has 3 aromatic carbocycles. The molecule has 9 heteroatoms. The van der Waals surface area contributed by atoms with Gasteiger partial charge in [0.1, 0.15) is 0 Å². The molecule has 0 fully saturated rings. The Morgan fingerprint density at radius 3 is 2.12 bits per heavy atom.